The summed E-state index contributed by atoms with van der Waals surface area (Å²) in [6.07, 6.45) is 1.65. The minimum Gasteiger partial charge on any atom is -0.490 e. The molecule has 1 aliphatic heterocycles. The van der Waals surface area contributed by atoms with Gasteiger partial charge in [0.15, 0.2) is 0 Å². The van der Waals surface area contributed by atoms with Gasteiger partial charge in [-0.05, 0) is 18.6 Å². The number of rotatable bonds is 6. The lowest BCUT2D eigenvalue weighted by Crippen LogP contribution is -2.40. The highest BCUT2D eigenvalue weighted by molar-refractivity contribution is 6.02. The second-order valence-corrected chi connectivity index (χ2v) is 7.56. The van der Waals surface area contributed by atoms with Gasteiger partial charge in [-0.15, -0.1) is 0 Å². The molecule has 2 heterocycles. The number of carbonyl (C=O) groups is 1. The lowest BCUT2D eigenvalue weighted by molar-refractivity contribution is 0.0601. The molecule has 0 spiro atoms. The van der Waals surface area contributed by atoms with E-state index in [2.05, 4.69) is 9.97 Å². The van der Waals surface area contributed by atoms with E-state index < -0.39 is 5.97 Å². The fourth-order valence-corrected chi connectivity index (χ4v) is 3.70. The maximum absolute atomic E-state index is 12.4. The van der Waals surface area contributed by atoms with Crippen molar-refractivity contribution in [1.82, 2.24) is 14.9 Å². The van der Waals surface area contributed by atoms with E-state index >= 15 is 0 Å². The van der Waals surface area contributed by atoms with Crippen molar-refractivity contribution in [3.63, 3.8) is 0 Å². The predicted octanol–water partition coefficient (Wildman–Crippen LogP) is 3.77. The molecule has 3 aromatic rings. The summed E-state index contributed by atoms with van der Waals surface area (Å²) < 4.78 is 16.9. The zero-order chi connectivity index (χ0) is 21.8. The molecule has 1 aliphatic rings. The zero-order valence-corrected chi connectivity index (χ0v) is 17.7. The minimum atomic E-state index is -0.481. The van der Waals surface area contributed by atoms with E-state index in [9.17, 15) is 4.79 Å². The van der Waals surface area contributed by atoms with Crippen molar-refractivity contribution in [2.45, 2.75) is 32.5 Å². The molecule has 31 heavy (non-hydrogen) atoms. The molecular weight excluding hydrogens is 396 g/mol. The van der Waals surface area contributed by atoms with Gasteiger partial charge in [0.1, 0.15) is 24.0 Å². The maximum Gasteiger partial charge on any atom is 0.340 e. The number of ether oxygens (including phenoxy) is 3. The number of methoxy groups -OCH3 is 1. The number of hydrogen-bond acceptors (Lipinski definition) is 6. The average molecular weight is 422 g/mol. The van der Waals surface area contributed by atoms with Gasteiger partial charge in [0.25, 0.3) is 6.01 Å². The topological polar surface area (TPSA) is 101 Å². The van der Waals surface area contributed by atoms with Crippen molar-refractivity contribution in [3.05, 3.63) is 53.6 Å². The van der Waals surface area contributed by atoms with Crippen LogP contribution in [0.15, 0.2) is 42.5 Å². The molecule has 2 N–H and O–H groups in total. The fourth-order valence-electron chi connectivity index (χ4n) is 3.70. The Hall–Kier alpha value is -3.55. The fraction of sp³-hybridized carbons (Fsp3) is 0.348. The maximum atomic E-state index is 12.4. The van der Waals surface area contributed by atoms with Crippen LogP contribution < -0.4 is 9.47 Å². The number of imidazole rings is 1. The first kappa shape index (κ1) is 20.7. The van der Waals surface area contributed by atoms with Crippen molar-refractivity contribution < 1.29 is 19.0 Å². The number of nitrogens with one attached hydrogen (secondary N) is 2. The molecule has 1 aromatic heterocycles. The summed E-state index contributed by atoms with van der Waals surface area (Å²) in [4.78, 5) is 22.0. The molecule has 1 fully saturated rings. The highest BCUT2D eigenvalue weighted by Crippen LogP contribution is 2.29. The van der Waals surface area contributed by atoms with Gasteiger partial charge in [0, 0.05) is 32.0 Å². The molecule has 0 amide bonds. The van der Waals surface area contributed by atoms with Gasteiger partial charge >= 0.3 is 5.97 Å². The summed E-state index contributed by atoms with van der Waals surface area (Å²) in [6, 6.07) is 13.6. The Morgan fingerprint density at radius 2 is 1.97 bits per heavy atom. The van der Waals surface area contributed by atoms with Gasteiger partial charge in [0.05, 0.1) is 24.0 Å². The van der Waals surface area contributed by atoms with E-state index in [1.807, 2.05) is 41.3 Å². The summed E-state index contributed by atoms with van der Waals surface area (Å²) >= 11 is 0. The van der Waals surface area contributed by atoms with E-state index in [1.54, 1.807) is 13.0 Å². The van der Waals surface area contributed by atoms with Crippen LogP contribution in [-0.2, 0) is 11.3 Å². The Morgan fingerprint density at radius 3 is 2.65 bits per heavy atom. The molecule has 0 radical (unpaired) electrons. The second kappa shape index (κ2) is 9.07. The molecule has 2 aromatic carbocycles. The number of H-pyrrole nitrogens is 1. The van der Waals surface area contributed by atoms with Crippen LogP contribution in [0.3, 0.4) is 0 Å². The number of fused-ring (bicyclic) bond motifs is 1. The van der Waals surface area contributed by atoms with Crippen LogP contribution >= 0.6 is 0 Å². The minimum absolute atomic E-state index is 0.0234. The smallest absolute Gasteiger partial charge is 0.340 e. The van der Waals surface area contributed by atoms with Gasteiger partial charge in [-0.2, -0.15) is 4.98 Å². The summed E-state index contributed by atoms with van der Waals surface area (Å²) in [6.45, 7) is 3.73. The SMILES string of the molecule is COC(=O)c1cc(OC2CCN(C(C)=N)CC2)cc2[nH]c(OCc3ccccc3)nc12. The van der Waals surface area contributed by atoms with Crippen LogP contribution in [0.5, 0.6) is 11.8 Å². The molecular formula is C23H26N4O4. The van der Waals surface area contributed by atoms with Gasteiger partial charge < -0.3 is 24.1 Å². The van der Waals surface area contributed by atoms with E-state index in [1.165, 1.54) is 7.11 Å². The lowest BCUT2D eigenvalue weighted by atomic mass is 10.1. The molecule has 0 bridgehead atoms. The Bertz CT molecular complexity index is 1070. The predicted molar refractivity (Wildman–Crippen MR) is 117 cm³/mol. The van der Waals surface area contributed by atoms with Crippen molar-refractivity contribution in [2.24, 2.45) is 0 Å². The highest BCUT2D eigenvalue weighted by atomic mass is 16.5. The Balaban J connectivity index is 1.54. The number of likely N-dealkylation sites (tertiary alicyclic amines) is 1. The number of nitrogens with zero attached hydrogens (tertiary/aromatic N) is 2. The van der Waals surface area contributed by atoms with E-state index in [4.69, 9.17) is 19.6 Å². The lowest BCUT2D eigenvalue weighted by Gasteiger charge is -2.32. The first-order valence-corrected chi connectivity index (χ1v) is 10.3. The molecule has 0 atom stereocenters. The third-order valence-corrected chi connectivity index (χ3v) is 5.38. The highest BCUT2D eigenvalue weighted by Gasteiger charge is 2.23. The normalized spacial score (nSPS) is 14.5. The summed E-state index contributed by atoms with van der Waals surface area (Å²) in [7, 11) is 1.34. The van der Waals surface area contributed by atoms with E-state index in [-0.39, 0.29) is 6.10 Å². The van der Waals surface area contributed by atoms with E-state index in [0.717, 1.165) is 31.5 Å². The van der Waals surface area contributed by atoms with Crippen molar-refractivity contribution in [2.75, 3.05) is 20.2 Å². The van der Waals surface area contributed by atoms with Gasteiger partial charge in [0.2, 0.25) is 0 Å². The monoisotopic (exact) mass is 422 g/mol. The number of esters is 1. The number of aromatic nitrogens is 2. The van der Waals surface area contributed by atoms with Crippen LogP contribution in [0.25, 0.3) is 11.0 Å². The molecule has 1 saturated heterocycles. The molecule has 0 saturated carbocycles. The molecule has 0 unspecified atom stereocenters. The number of benzene rings is 2. The first-order chi connectivity index (χ1) is 15.0. The van der Waals surface area contributed by atoms with Crippen molar-refractivity contribution in [1.29, 1.82) is 5.41 Å². The Labute approximate surface area is 180 Å². The standard InChI is InChI=1S/C23H26N4O4/c1-15(24)27-10-8-17(9-11-27)31-18-12-19(22(28)29-2)21-20(13-18)25-23(26-21)30-14-16-6-4-3-5-7-16/h3-7,12-13,17,24H,8-11,14H2,1-2H3,(H,25,26). The molecule has 8 heteroatoms. The largest absolute Gasteiger partial charge is 0.490 e. The van der Waals surface area contributed by atoms with Crippen LogP contribution in [0.2, 0.25) is 0 Å². The van der Waals surface area contributed by atoms with Gasteiger partial charge in [-0.1, -0.05) is 30.3 Å². The van der Waals surface area contributed by atoms with Crippen LogP contribution in [0.1, 0.15) is 35.7 Å². The number of aromatic amines is 1. The quantitative estimate of drug-likeness (QED) is 0.356. The summed E-state index contributed by atoms with van der Waals surface area (Å²) in [5.74, 6) is 0.676. The molecule has 162 valence electrons. The van der Waals surface area contributed by atoms with Gasteiger partial charge in [-0.3, -0.25) is 5.41 Å². The summed E-state index contributed by atoms with van der Waals surface area (Å²) in [5.41, 5.74) is 2.48. The van der Waals surface area contributed by atoms with Gasteiger partial charge in [-0.25, -0.2) is 4.79 Å². The molecule has 8 nitrogen and oxygen atoms in total. The zero-order valence-electron chi connectivity index (χ0n) is 17.7. The van der Waals surface area contributed by atoms with Crippen molar-refractivity contribution in [3.8, 4) is 11.8 Å². The Morgan fingerprint density at radius 1 is 1.23 bits per heavy atom. The Kier molecular flexibility index (Phi) is 6.06. The van der Waals surface area contributed by atoms with Crippen LogP contribution in [0, 0.1) is 5.41 Å². The number of hydrogen-bond donors (Lipinski definition) is 2. The third kappa shape index (κ3) is 4.79. The second-order valence-electron chi connectivity index (χ2n) is 7.56. The molecule has 0 aliphatic carbocycles. The van der Waals surface area contributed by atoms with E-state index in [0.29, 0.717) is 40.8 Å². The number of piperidine rings is 1. The average Bonchev–Trinajstić information content (AvgIpc) is 3.20. The van der Waals surface area contributed by atoms with Crippen LogP contribution in [-0.4, -0.2) is 53.0 Å². The van der Waals surface area contributed by atoms with Crippen LogP contribution in [0.4, 0.5) is 0 Å². The molecule has 4 rings (SSSR count). The third-order valence-electron chi connectivity index (χ3n) is 5.38. The summed E-state index contributed by atoms with van der Waals surface area (Å²) in [5, 5.41) is 7.76. The first-order valence-electron chi connectivity index (χ1n) is 10.3. The number of amidine groups is 1. The van der Waals surface area contributed by atoms with Crippen molar-refractivity contribution >= 4 is 22.8 Å². The number of carbonyl (C=O) groups excluding carboxylic acids is 1.